The largest absolute Gasteiger partial charge is 0.466 e. The minimum absolute atomic E-state index is 0.0492. The average molecular weight is 249 g/mol. The van der Waals surface area contributed by atoms with Gasteiger partial charge in [0.15, 0.2) is 0 Å². The van der Waals surface area contributed by atoms with Crippen LogP contribution in [0.1, 0.15) is 34.7 Å². The molecule has 0 aromatic carbocycles. The lowest BCUT2D eigenvalue weighted by atomic mass is 9.94. The Hall–Kier alpha value is -1.29. The Bertz CT molecular complexity index is 465. The third kappa shape index (κ3) is 1.75. The molecule has 1 aliphatic carbocycles. The minimum atomic E-state index is -0.207. The maximum atomic E-state index is 12.4. The molecule has 4 nitrogen and oxygen atoms in total. The normalized spacial score (nSPS) is 30.8. The molecule has 1 N–H and O–H groups in total. The molecule has 1 aliphatic heterocycles. The Morgan fingerprint density at radius 3 is 2.44 bits per heavy atom. The number of nitrogens with zero attached hydrogens (tertiary/aromatic N) is 1. The Labute approximate surface area is 107 Å². The molecule has 1 saturated carbocycles. The van der Waals surface area contributed by atoms with Crippen LogP contribution in [0.4, 0.5) is 0 Å². The Morgan fingerprint density at radius 2 is 1.94 bits per heavy atom. The molecule has 1 amide bonds. The summed E-state index contributed by atoms with van der Waals surface area (Å²) in [5, 5.41) is 9.98. The van der Waals surface area contributed by atoms with E-state index in [1.165, 1.54) is 0 Å². The van der Waals surface area contributed by atoms with Crippen LogP contribution in [0.2, 0.25) is 0 Å². The van der Waals surface area contributed by atoms with Gasteiger partial charge in [0.1, 0.15) is 11.5 Å². The molecule has 2 fully saturated rings. The van der Waals surface area contributed by atoms with Gasteiger partial charge >= 0.3 is 0 Å². The molecular formula is C14H19NO3. The van der Waals surface area contributed by atoms with Gasteiger partial charge in [-0.2, -0.15) is 0 Å². The van der Waals surface area contributed by atoms with E-state index in [2.05, 4.69) is 0 Å². The average Bonchev–Trinajstić information content (AvgIpc) is 2.75. The first-order valence-corrected chi connectivity index (χ1v) is 6.60. The summed E-state index contributed by atoms with van der Waals surface area (Å²) in [6.07, 6.45) is 1.87. The number of piperidine rings is 1. The van der Waals surface area contributed by atoms with Crippen LogP contribution in [0.15, 0.2) is 10.5 Å². The second-order valence-corrected chi connectivity index (χ2v) is 5.63. The van der Waals surface area contributed by atoms with Crippen LogP contribution in [-0.4, -0.2) is 35.1 Å². The summed E-state index contributed by atoms with van der Waals surface area (Å²) in [4.78, 5) is 14.3. The quantitative estimate of drug-likeness (QED) is 0.824. The zero-order chi connectivity index (χ0) is 12.9. The van der Waals surface area contributed by atoms with Crippen molar-refractivity contribution in [1.82, 2.24) is 4.90 Å². The van der Waals surface area contributed by atoms with Gasteiger partial charge in [0, 0.05) is 24.9 Å². The van der Waals surface area contributed by atoms with Gasteiger partial charge in [0.2, 0.25) is 0 Å². The predicted octanol–water partition coefficient (Wildman–Crippen LogP) is 1.74. The zero-order valence-electron chi connectivity index (χ0n) is 10.8. The number of likely N-dealkylation sites (tertiary alicyclic amines) is 1. The Morgan fingerprint density at radius 1 is 1.33 bits per heavy atom. The van der Waals surface area contributed by atoms with Crippen molar-refractivity contribution in [3.05, 3.63) is 23.2 Å². The number of carbonyl (C=O) groups excluding carboxylic acids is 1. The number of rotatable bonds is 1. The minimum Gasteiger partial charge on any atom is -0.466 e. The topological polar surface area (TPSA) is 53.7 Å². The molecule has 1 aromatic heterocycles. The van der Waals surface area contributed by atoms with Gasteiger partial charge in [0.25, 0.3) is 5.91 Å². The standard InChI is InChI=1S/C14H19NO3/c1-8-5-12(9(2)18-8)14(17)15-6-10-3-4-11(7-15)13(10)16/h5,10-11,13,16H,3-4,6-7H2,1-2H3/t10-,11+,13?. The maximum absolute atomic E-state index is 12.4. The first-order chi connectivity index (χ1) is 8.56. The first kappa shape index (κ1) is 11.8. The number of hydrogen-bond acceptors (Lipinski definition) is 3. The van der Waals surface area contributed by atoms with Crippen LogP contribution < -0.4 is 0 Å². The molecule has 2 aliphatic rings. The van der Waals surface area contributed by atoms with Crippen molar-refractivity contribution in [1.29, 1.82) is 0 Å². The van der Waals surface area contributed by atoms with Crippen molar-refractivity contribution in [3.63, 3.8) is 0 Å². The molecule has 3 atom stereocenters. The van der Waals surface area contributed by atoms with E-state index in [-0.39, 0.29) is 23.8 Å². The number of fused-ring (bicyclic) bond motifs is 2. The third-order valence-corrected chi connectivity index (χ3v) is 4.34. The molecule has 1 saturated heterocycles. The highest BCUT2D eigenvalue weighted by atomic mass is 16.3. The second-order valence-electron chi connectivity index (χ2n) is 5.63. The molecule has 1 unspecified atom stereocenters. The van der Waals surface area contributed by atoms with Crippen molar-refractivity contribution in [3.8, 4) is 0 Å². The number of aliphatic hydroxyl groups excluding tert-OH is 1. The van der Waals surface area contributed by atoms with Gasteiger partial charge < -0.3 is 14.4 Å². The number of aliphatic hydroxyl groups is 1. The zero-order valence-corrected chi connectivity index (χ0v) is 10.8. The van der Waals surface area contributed by atoms with E-state index in [1.807, 2.05) is 24.8 Å². The third-order valence-electron chi connectivity index (χ3n) is 4.34. The predicted molar refractivity (Wildman–Crippen MR) is 66.3 cm³/mol. The summed E-state index contributed by atoms with van der Waals surface area (Å²) in [5.74, 6) is 2.04. The van der Waals surface area contributed by atoms with Crippen molar-refractivity contribution < 1.29 is 14.3 Å². The second kappa shape index (κ2) is 4.12. The van der Waals surface area contributed by atoms with Gasteiger partial charge in [-0.05, 0) is 32.8 Å². The maximum Gasteiger partial charge on any atom is 0.257 e. The molecule has 18 heavy (non-hydrogen) atoms. The van der Waals surface area contributed by atoms with Crippen LogP contribution in [-0.2, 0) is 0 Å². The summed E-state index contributed by atoms with van der Waals surface area (Å²) >= 11 is 0. The summed E-state index contributed by atoms with van der Waals surface area (Å²) in [6, 6.07) is 1.81. The molecule has 3 rings (SSSR count). The summed E-state index contributed by atoms with van der Waals surface area (Å²) < 4.78 is 5.42. The van der Waals surface area contributed by atoms with E-state index >= 15 is 0 Å². The van der Waals surface area contributed by atoms with E-state index in [1.54, 1.807) is 0 Å². The molecular weight excluding hydrogens is 230 g/mol. The fourth-order valence-electron chi connectivity index (χ4n) is 3.37. The fraction of sp³-hybridized carbons (Fsp3) is 0.643. The SMILES string of the molecule is Cc1cc(C(=O)N2C[C@H]3CC[C@@H](C2)C3O)c(C)o1. The van der Waals surface area contributed by atoms with E-state index in [4.69, 9.17) is 4.42 Å². The van der Waals surface area contributed by atoms with Crippen molar-refractivity contribution in [2.45, 2.75) is 32.8 Å². The van der Waals surface area contributed by atoms with Gasteiger partial charge in [-0.1, -0.05) is 0 Å². The number of amides is 1. The summed E-state index contributed by atoms with van der Waals surface area (Å²) in [5.41, 5.74) is 0.670. The number of carbonyl (C=O) groups is 1. The first-order valence-electron chi connectivity index (χ1n) is 6.60. The van der Waals surface area contributed by atoms with Gasteiger partial charge in [-0.3, -0.25) is 4.79 Å². The van der Waals surface area contributed by atoms with Crippen LogP contribution in [0.25, 0.3) is 0 Å². The van der Waals surface area contributed by atoms with Crippen molar-refractivity contribution in [2.75, 3.05) is 13.1 Å². The molecule has 2 bridgehead atoms. The molecule has 1 aromatic rings. The van der Waals surface area contributed by atoms with Crippen LogP contribution in [0, 0.1) is 25.7 Å². The highest BCUT2D eigenvalue weighted by molar-refractivity contribution is 5.95. The highest BCUT2D eigenvalue weighted by Crippen LogP contribution is 2.37. The lowest BCUT2D eigenvalue weighted by Crippen LogP contribution is -2.47. The van der Waals surface area contributed by atoms with Crippen molar-refractivity contribution >= 4 is 5.91 Å². The summed E-state index contributed by atoms with van der Waals surface area (Å²) in [7, 11) is 0. The van der Waals surface area contributed by atoms with Crippen molar-refractivity contribution in [2.24, 2.45) is 11.8 Å². The fourth-order valence-corrected chi connectivity index (χ4v) is 3.37. The Balaban J connectivity index is 1.80. The van der Waals surface area contributed by atoms with Gasteiger partial charge in [0.05, 0.1) is 11.7 Å². The van der Waals surface area contributed by atoms with E-state index in [0.717, 1.165) is 18.6 Å². The summed E-state index contributed by atoms with van der Waals surface area (Å²) in [6.45, 7) is 5.04. The monoisotopic (exact) mass is 249 g/mol. The van der Waals surface area contributed by atoms with E-state index < -0.39 is 0 Å². The number of hydrogen-bond donors (Lipinski definition) is 1. The van der Waals surface area contributed by atoms with Gasteiger partial charge in [-0.25, -0.2) is 0 Å². The number of furan rings is 1. The molecule has 0 spiro atoms. The van der Waals surface area contributed by atoms with Crippen LogP contribution >= 0.6 is 0 Å². The molecule has 4 heteroatoms. The molecule has 98 valence electrons. The van der Waals surface area contributed by atoms with Gasteiger partial charge in [-0.15, -0.1) is 0 Å². The van der Waals surface area contributed by atoms with Crippen LogP contribution in [0.5, 0.6) is 0 Å². The highest BCUT2D eigenvalue weighted by Gasteiger charge is 2.42. The number of aryl methyl sites for hydroxylation is 2. The lowest BCUT2D eigenvalue weighted by Gasteiger charge is -2.35. The van der Waals surface area contributed by atoms with E-state index in [0.29, 0.717) is 24.4 Å². The smallest absolute Gasteiger partial charge is 0.257 e. The van der Waals surface area contributed by atoms with E-state index in [9.17, 15) is 9.90 Å². The molecule has 2 heterocycles. The Kier molecular flexibility index (Phi) is 2.70. The lowest BCUT2D eigenvalue weighted by molar-refractivity contribution is 0.0165. The molecule has 0 radical (unpaired) electrons. The van der Waals surface area contributed by atoms with Crippen LogP contribution in [0.3, 0.4) is 0 Å².